The topological polar surface area (TPSA) is 58.2 Å². The van der Waals surface area contributed by atoms with Crippen molar-refractivity contribution < 1.29 is 9.59 Å². The van der Waals surface area contributed by atoms with E-state index in [1.54, 1.807) is 18.2 Å². The molecule has 0 fully saturated rings. The molecule has 2 rings (SSSR count). The number of carbonyl (C=O) groups excluding carboxylic acids is 2. The summed E-state index contributed by atoms with van der Waals surface area (Å²) >= 11 is 3.30. The van der Waals surface area contributed by atoms with Gasteiger partial charge in [0.15, 0.2) is 0 Å². The Morgan fingerprint density at radius 3 is 2.52 bits per heavy atom. The van der Waals surface area contributed by atoms with Crippen molar-refractivity contribution in [2.45, 2.75) is 0 Å². The Morgan fingerprint density at radius 1 is 1.00 bits per heavy atom. The molecule has 0 unspecified atom stereocenters. The van der Waals surface area contributed by atoms with Crippen LogP contribution in [0.25, 0.3) is 0 Å². The van der Waals surface area contributed by atoms with Crippen molar-refractivity contribution in [3.8, 4) is 11.8 Å². The van der Waals surface area contributed by atoms with Crippen LogP contribution in [0.15, 0.2) is 59.1 Å². The van der Waals surface area contributed by atoms with E-state index in [0.29, 0.717) is 5.56 Å². The van der Waals surface area contributed by atoms with Gasteiger partial charge in [-0.1, -0.05) is 52.0 Å². The molecule has 5 heteroatoms. The second-order valence-corrected chi connectivity index (χ2v) is 5.55. The smallest absolute Gasteiger partial charge is 0.251 e. The Hall–Kier alpha value is -2.58. The molecule has 0 radical (unpaired) electrons. The number of halogens is 1. The molecular weight excluding hydrogens is 356 g/mol. The van der Waals surface area contributed by atoms with Crippen molar-refractivity contribution >= 4 is 27.7 Å². The Balaban J connectivity index is 1.73. The van der Waals surface area contributed by atoms with E-state index in [9.17, 15) is 9.59 Å². The summed E-state index contributed by atoms with van der Waals surface area (Å²) in [5.41, 5.74) is 1.39. The van der Waals surface area contributed by atoms with Crippen LogP contribution in [-0.2, 0) is 4.79 Å². The molecule has 2 aromatic rings. The average Bonchev–Trinajstić information content (AvgIpc) is 2.57. The molecule has 4 nitrogen and oxygen atoms in total. The SMILES string of the molecule is O=C(CNC(=O)c1cccc(Br)c1)NCC#Cc1ccccc1. The summed E-state index contributed by atoms with van der Waals surface area (Å²) in [6.45, 7) is 0.152. The fourth-order valence-electron chi connectivity index (χ4n) is 1.77. The van der Waals surface area contributed by atoms with E-state index in [1.807, 2.05) is 36.4 Å². The summed E-state index contributed by atoms with van der Waals surface area (Å²) in [5, 5.41) is 5.20. The van der Waals surface area contributed by atoms with Gasteiger partial charge in [-0.05, 0) is 30.3 Å². The molecular formula is C18H15BrN2O2. The number of carbonyl (C=O) groups is 2. The van der Waals surface area contributed by atoms with E-state index < -0.39 is 0 Å². The highest BCUT2D eigenvalue weighted by Gasteiger charge is 2.07. The number of hydrogen-bond acceptors (Lipinski definition) is 2. The number of hydrogen-bond donors (Lipinski definition) is 2. The molecule has 0 aromatic heterocycles. The van der Waals surface area contributed by atoms with Crippen LogP contribution in [0.4, 0.5) is 0 Å². The van der Waals surface area contributed by atoms with E-state index in [4.69, 9.17) is 0 Å². The highest BCUT2D eigenvalue weighted by molar-refractivity contribution is 9.10. The molecule has 0 spiro atoms. The van der Waals surface area contributed by atoms with Gasteiger partial charge in [-0.2, -0.15) is 0 Å². The van der Waals surface area contributed by atoms with Crippen molar-refractivity contribution in [2.24, 2.45) is 0 Å². The average molecular weight is 371 g/mol. The molecule has 0 bridgehead atoms. The lowest BCUT2D eigenvalue weighted by Gasteiger charge is -2.05. The molecule has 0 saturated carbocycles. The molecule has 2 amide bonds. The predicted octanol–water partition coefficient (Wildman–Crippen LogP) is 2.35. The van der Waals surface area contributed by atoms with Gasteiger partial charge in [-0.15, -0.1) is 0 Å². The monoisotopic (exact) mass is 370 g/mol. The lowest BCUT2D eigenvalue weighted by atomic mass is 10.2. The zero-order valence-electron chi connectivity index (χ0n) is 12.3. The maximum atomic E-state index is 11.9. The Labute approximate surface area is 143 Å². The van der Waals surface area contributed by atoms with Gasteiger partial charge in [0.05, 0.1) is 13.1 Å². The molecule has 23 heavy (non-hydrogen) atoms. The molecule has 2 aromatic carbocycles. The quantitative estimate of drug-likeness (QED) is 0.811. The second kappa shape index (κ2) is 8.76. The van der Waals surface area contributed by atoms with Gasteiger partial charge in [0.25, 0.3) is 5.91 Å². The minimum atomic E-state index is -0.295. The van der Waals surface area contributed by atoms with E-state index in [-0.39, 0.29) is 24.9 Å². The maximum absolute atomic E-state index is 11.9. The van der Waals surface area contributed by atoms with Crippen LogP contribution < -0.4 is 10.6 Å². The molecule has 0 aliphatic rings. The van der Waals surface area contributed by atoms with Crippen LogP contribution in [0.1, 0.15) is 15.9 Å². The van der Waals surface area contributed by atoms with E-state index in [2.05, 4.69) is 38.4 Å². The lowest BCUT2D eigenvalue weighted by Crippen LogP contribution is -2.37. The first-order valence-corrected chi connectivity index (χ1v) is 7.79. The maximum Gasteiger partial charge on any atom is 0.251 e. The van der Waals surface area contributed by atoms with Crippen LogP contribution >= 0.6 is 15.9 Å². The number of benzene rings is 2. The van der Waals surface area contributed by atoms with Crippen LogP contribution in [-0.4, -0.2) is 24.9 Å². The van der Waals surface area contributed by atoms with Crippen molar-refractivity contribution in [3.05, 3.63) is 70.2 Å². The third-order valence-electron chi connectivity index (χ3n) is 2.88. The largest absolute Gasteiger partial charge is 0.344 e. The summed E-state index contributed by atoms with van der Waals surface area (Å²) in [4.78, 5) is 23.5. The van der Waals surface area contributed by atoms with E-state index >= 15 is 0 Å². The van der Waals surface area contributed by atoms with Gasteiger partial charge in [-0.3, -0.25) is 9.59 Å². The fourth-order valence-corrected chi connectivity index (χ4v) is 2.16. The van der Waals surface area contributed by atoms with Crippen LogP contribution in [0.2, 0.25) is 0 Å². The van der Waals surface area contributed by atoms with Gasteiger partial charge >= 0.3 is 0 Å². The lowest BCUT2D eigenvalue weighted by molar-refractivity contribution is -0.119. The molecule has 0 atom stereocenters. The van der Waals surface area contributed by atoms with Gasteiger partial charge in [0, 0.05) is 15.6 Å². The highest BCUT2D eigenvalue weighted by atomic mass is 79.9. The standard InChI is InChI=1S/C18H15BrN2O2/c19-16-10-4-9-15(12-16)18(23)21-13-17(22)20-11-5-8-14-6-2-1-3-7-14/h1-4,6-7,9-10,12H,11,13H2,(H,20,22)(H,21,23). The highest BCUT2D eigenvalue weighted by Crippen LogP contribution is 2.11. The number of amides is 2. The normalized spacial score (nSPS) is 9.43. The fraction of sp³-hybridized carbons (Fsp3) is 0.111. The molecule has 0 saturated heterocycles. The first-order valence-electron chi connectivity index (χ1n) is 6.99. The second-order valence-electron chi connectivity index (χ2n) is 4.64. The van der Waals surface area contributed by atoms with Gasteiger partial charge in [0.2, 0.25) is 5.91 Å². The summed E-state index contributed by atoms with van der Waals surface area (Å²) in [5.74, 6) is 5.22. The predicted molar refractivity (Wildman–Crippen MR) is 92.8 cm³/mol. The minimum absolute atomic E-state index is 0.0850. The van der Waals surface area contributed by atoms with Crippen LogP contribution in [0.3, 0.4) is 0 Å². The van der Waals surface area contributed by atoms with Crippen molar-refractivity contribution in [3.63, 3.8) is 0 Å². The van der Waals surface area contributed by atoms with Crippen LogP contribution in [0.5, 0.6) is 0 Å². The summed E-state index contributed by atoms with van der Waals surface area (Å²) in [6.07, 6.45) is 0. The zero-order chi connectivity index (χ0) is 16.5. The van der Waals surface area contributed by atoms with Gasteiger partial charge in [0.1, 0.15) is 0 Å². The number of nitrogens with one attached hydrogen (secondary N) is 2. The van der Waals surface area contributed by atoms with Gasteiger partial charge < -0.3 is 10.6 Å². The molecule has 2 N–H and O–H groups in total. The summed E-state index contributed by atoms with van der Waals surface area (Å²) < 4.78 is 0.811. The van der Waals surface area contributed by atoms with Crippen molar-refractivity contribution in [2.75, 3.05) is 13.1 Å². The molecule has 0 aliphatic carbocycles. The Morgan fingerprint density at radius 2 is 1.78 bits per heavy atom. The molecule has 116 valence electrons. The van der Waals surface area contributed by atoms with Gasteiger partial charge in [-0.25, -0.2) is 0 Å². The number of rotatable bonds is 4. The van der Waals surface area contributed by atoms with Crippen LogP contribution in [0, 0.1) is 11.8 Å². The zero-order valence-corrected chi connectivity index (χ0v) is 13.9. The van der Waals surface area contributed by atoms with E-state index in [0.717, 1.165) is 10.0 Å². The first kappa shape index (κ1) is 16.8. The Bertz CT molecular complexity index is 748. The molecule has 0 heterocycles. The minimum Gasteiger partial charge on any atom is -0.344 e. The van der Waals surface area contributed by atoms with E-state index in [1.165, 1.54) is 0 Å². The third kappa shape index (κ3) is 5.97. The third-order valence-corrected chi connectivity index (χ3v) is 3.37. The Kier molecular flexibility index (Phi) is 6.40. The first-order chi connectivity index (χ1) is 11.1. The summed E-state index contributed by atoms with van der Waals surface area (Å²) in [6, 6.07) is 16.5. The summed E-state index contributed by atoms with van der Waals surface area (Å²) in [7, 11) is 0. The van der Waals surface area contributed by atoms with Crippen molar-refractivity contribution in [1.82, 2.24) is 10.6 Å². The van der Waals surface area contributed by atoms with Crippen molar-refractivity contribution in [1.29, 1.82) is 0 Å². The molecule has 0 aliphatic heterocycles.